The first-order valence-electron chi connectivity index (χ1n) is 3.20. The highest BCUT2D eigenvalue weighted by Crippen LogP contribution is 2.13. The first-order valence-corrected chi connectivity index (χ1v) is 4.59. The lowest BCUT2D eigenvalue weighted by molar-refractivity contribution is -0.135. The number of hydrogen-bond donors (Lipinski definition) is 0. The molecule has 1 rings (SSSR count). The van der Waals surface area contributed by atoms with Gasteiger partial charge in [-0.15, -0.1) is 11.8 Å². The Morgan fingerprint density at radius 2 is 2.18 bits per heavy atom. The lowest BCUT2D eigenvalue weighted by Gasteiger charge is -2.11. The van der Waals surface area contributed by atoms with Crippen molar-refractivity contribution in [3.05, 3.63) is 11.6 Å². The van der Waals surface area contributed by atoms with Crippen LogP contribution in [-0.2, 0) is 9.59 Å². The Balaban J connectivity index is 2.73. The predicted octanol–water partition coefficient (Wildman–Crippen LogP) is 0.622. The number of carbonyl (C=O) groups is 2. The minimum atomic E-state index is -0.193. The van der Waals surface area contributed by atoms with Crippen molar-refractivity contribution in [3.8, 4) is 0 Å². The summed E-state index contributed by atoms with van der Waals surface area (Å²) >= 11 is 1.46. The Morgan fingerprint density at radius 1 is 1.55 bits per heavy atom. The van der Waals surface area contributed by atoms with E-state index in [9.17, 15) is 9.59 Å². The Hall–Kier alpha value is -0.770. The van der Waals surface area contributed by atoms with Crippen molar-refractivity contribution in [2.24, 2.45) is 0 Å². The van der Waals surface area contributed by atoms with E-state index in [4.69, 9.17) is 0 Å². The molecule has 2 amide bonds. The van der Waals surface area contributed by atoms with Crippen molar-refractivity contribution < 1.29 is 9.59 Å². The molecule has 1 aliphatic rings. The number of rotatable bonds is 2. The number of carbonyl (C=O) groups excluding carboxylic acids is 2. The summed E-state index contributed by atoms with van der Waals surface area (Å²) in [6, 6.07) is 0. The van der Waals surface area contributed by atoms with Crippen LogP contribution in [0.25, 0.3) is 0 Å². The molecule has 4 heteroatoms. The summed E-state index contributed by atoms with van der Waals surface area (Å²) < 4.78 is 0. The average Bonchev–Trinajstić information content (AvgIpc) is 2.17. The van der Waals surface area contributed by atoms with Crippen LogP contribution in [0.4, 0.5) is 0 Å². The summed E-state index contributed by atoms with van der Waals surface area (Å²) in [6.07, 6.45) is 3.23. The summed E-state index contributed by atoms with van der Waals surface area (Å²) in [5.74, 6) is 0.0945. The summed E-state index contributed by atoms with van der Waals surface area (Å²) in [6.45, 7) is 1.65. The smallest absolute Gasteiger partial charge is 0.257 e. The monoisotopic (exact) mass is 171 g/mol. The molecular formula is C7H9NO2S. The van der Waals surface area contributed by atoms with E-state index >= 15 is 0 Å². The number of hydrogen-bond acceptors (Lipinski definition) is 3. The van der Waals surface area contributed by atoms with Crippen molar-refractivity contribution in [3.63, 3.8) is 0 Å². The van der Waals surface area contributed by atoms with Crippen LogP contribution in [0.5, 0.6) is 0 Å². The SMILES string of the molecule is CSCN1C(=O)C=C(C)C1=O. The third kappa shape index (κ3) is 1.45. The van der Waals surface area contributed by atoms with Crippen LogP contribution < -0.4 is 0 Å². The van der Waals surface area contributed by atoms with Gasteiger partial charge in [0.15, 0.2) is 0 Å². The molecule has 0 saturated heterocycles. The molecule has 0 aromatic carbocycles. The van der Waals surface area contributed by atoms with Crippen molar-refractivity contribution in [1.29, 1.82) is 0 Å². The molecule has 0 aromatic heterocycles. The number of thioether (sulfide) groups is 1. The van der Waals surface area contributed by atoms with Gasteiger partial charge in [0.1, 0.15) is 0 Å². The van der Waals surface area contributed by atoms with E-state index in [2.05, 4.69) is 0 Å². The standard InChI is InChI=1S/C7H9NO2S/c1-5-3-6(9)8(4-11-2)7(5)10/h3H,4H2,1-2H3. The highest BCUT2D eigenvalue weighted by molar-refractivity contribution is 7.98. The third-order valence-electron chi connectivity index (χ3n) is 1.45. The maximum atomic E-state index is 11.1. The first-order chi connectivity index (χ1) is 5.16. The second-order valence-electron chi connectivity index (χ2n) is 2.32. The van der Waals surface area contributed by atoms with Gasteiger partial charge in [0.25, 0.3) is 11.8 Å². The molecule has 0 spiro atoms. The third-order valence-corrected chi connectivity index (χ3v) is 1.96. The molecule has 1 aliphatic heterocycles. The van der Waals surface area contributed by atoms with E-state index in [1.165, 1.54) is 22.7 Å². The molecule has 0 aliphatic carbocycles. The zero-order chi connectivity index (χ0) is 8.43. The van der Waals surface area contributed by atoms with Crippen molar-refractivity contribution >= 4 is 23.6 Å². The highest BCUT2D eigenvalue weighted by Gasteiger charge is 2.27. The van der Waals surface area contributed by atoms with Gasteiger partial charge in [-0.2, -0.15) is 0 Å². The molecule has 0 fully saturated rings. The highest BCUT2D eigenvalue weighted by atomic mass is 32.2. The van der Waals surface area contributed by atoms with Crippen LogP contribution in [0.2, 0.25) is 0 Å². The molecule has 0 saturated carbocycles. The van der Waals surface area contributed by atoms with Gasteiger partial charge in [-0.05, 0) is 13.2 Å². The molecule has 0 N–H and O–H groups in total. The number of imide groups is 1. The van der Waals surface area contributed by atoms with Crippen LogP contribution in [-0.4, -0.2) is 28.8 Å². The lowest BCUT2D eigenvalue weighted by Crippen LogP contribution is -2.30. The maximum Gasteiger partial charge on any atom is 0.257 e. The fourth-order valence-corrected chi connectivity index (χ4v) is 1.39. The summed E-state index contributed by atoms with van der Waals surface area (Å²) in [7, 11) is 0. The quantitative estimate of drug-likeness (QED) is 0.572. The predicted molar refractivity (Wildman–Crippen MR) is 44.0 cm³/mol. The molecule has 0 radical (unpaired) electrons. The molecule has 1 heterocycles. The fraction of sp³-hybridized carbons (Fsp3) is 0.429. The minimum absolute atomic E-state index is 0.163. The maximum absolute atomic E-state index is 11.1. The van der Waals surface area contributed by atoms with Gasteiger partial charge in [0.2, 0.25) is 0 Å². The first kappa shape index (κ1) is 8.33. The topological polar surface area (TPSA) is 37.4 Å². The van der Waals surface area contributed by atoms with E-state index in [1.807, 2.05) is 6.26 Å². The summed E-state index contributed by atoms with van der Waals surface area (Å²) in [5.41, 5.74) is 0.532. The number of amides is 2. The van der Waals surface area contributed by atoms with E-state index in [0.29, 0.717) is 11.4 Å². The Bertz CT molecular complexity index is 235. The molecule has 0 unspecified atom stereocenters. The van der Waals surface area contributed by atoms with Crippen LogP contribution in [0.3, 0.4) is 0 Å². The average molecular weight is 171 g/mol. The van der Waals surface area contributed by atoms with Gasteiger partial charge >= 0.3 is 0 Å². The van der Waals surface area contributed by atoms with Crippen molar-refractivity contribution in [2.45, 2.75) is 6.92 Å². The normalized spacial score (nSPS) is 17.6. The minimum Gasteiger partial charge on any atom is -0.269 e. The Morgan fingerprint density at radius 3 is 2.55 bits per heavy atom. The molecule has 0 bridgehead atoms. The molecule has 60 valence electrons. The van der Waals surface area contributed by atoms with Crippen LogP contribution in [0, 0.1) is 0 Å². The van der Waals surface area contributed by atoms with Gasteiger partial charge < -0.3 is 0 Å². The molecule has 3 nitrogen and oxygen atoms in total. The largest absolute Gasteiger partial charge is 0.269 e. The van der Waals surface area contributed by atoms with E-state index < -0.39 is 0 Å². The number of nitrogens with zero attached hydrogens (tertiary/aromatic N) is 1. The molecular weight excluding hydrogens is 162 g/mol. The Labute approximate surface area is 69.4 Å². The summed E-state index contributed by atoms with van der Waals surface area (Å²) in [5, 5.41) is 0. The van der Waals surface area contributed by atoms with Crippen LogP contribution in [0.15, 0.2) is 11.6 Å². The van der Waals surface area contributed by atoms with Gasteiger partial charge in [-0.1, -0.05) is 0 Å². The zero-order valence-electron chi connectivity index (χ0n) is 6.46. The van der Waals surface area contributed by atoms with Gasteiger partial charge in [-0.25, -0.2) is 0 Å². The van der Waals surface area contributed by atoms with E-state index in [1.54, 1.807) is 6.92 Å². The zero-order valence-corrected chi connectivity index (χ0v) is 7.27. The van der Waals surface area contributed by atoms with Crippen LogP contribution >= 0.6 is 11.8 Å². The van der Waals surface area contributed by atoms with Gasteiger partial charge in [-0.3, -0.25) is 14.5 Å². The fourth-order valence-electron chi connectivity index (χ4n) is 0.889. The molecule has 11 heavy (non-hydrogen) atoms. The van der Waals surface area contributed by atoms with Gasteiger partial charge in [0.05, 0.1) is 5.88 Å². The lowest BCUT2D eigenvalue weighted by atomic mass is 10.3. The van der Waals surface area contributed by atoms with Crippen molar-refractivity contribution in [2.75, 3.05) is 12.1 Å². The van der Waals surface area contributed by atoms with E-state index in [0.717, 1.165) is 0 Å². The Kier molecular flexibility index (Phi) is 2.34. The second kappa shape index (κ2) is 3.09. The van der Waals surface area contributed by atoms with Crippen molar-refractivity contribution in [1.82, 2.24) is 4.90 Å². The molecule has 0 aromatic rings. The van der Waals surface area contributed by atoms with Gasteiger partial charge in [0, 0.05) is 11.6 Å². The second-order valence-corrected chi connectivity index (χ2v) is 3.15. The van der Waals surface area contributed by atoms with E-state index in [-0.39, 0.29) is 11.8 Å². The summed E-state index contributed by atoms with van der Waals surface area (Å²) in [4.78, 5) is 23.4. The molecule has 0 atom stereocenters. The van der Waals surface area contributed by atoms with Crippen LogP contribution in [0.1, 0.15) is 6.92 Å².